The first-order valence-corrected chi connectivity index (χ1v) is 7.25. The van der Waals surface area contributed by atoms with E-state index in [0.717, 1.165) is 0 Å². The lowest BCUT2D eigenvalue weighted by molar-refractivity contribution is -0.115. The van der Waals surface area contributed by atoms with E-state index in [1.807, 2.05) is 0 Å². The van der Waals surface area contributed by atoms with Crippen molar-refractivity contribution in [2.75, 3.05) is 31.0 Å². The third kappa shape index (κ3) is 3.66. The summed E-state index contributed by atoms with van der Waals surface area (Å²) >= 11 is 0. The van der Waals surface area contributed by atoms with E-state index in [2.05, 4.69) is 10.3 Å². The number of ether oxygens (including phenoxy) is 2. The van der Waals surface area contributed by atoms with Crippen molar-refractivity contribution < 1.29 is 31.1 Å². The topological polar surface area (TPSA) is 63.2 Å². The van der Waals surface area contributed by atoms with Gasteiger partial charge in [0.1, 0.15) is 23.9 Å². The summed E-state index contributed by atoms with van der Waals surface area (Å²) in [5, 5.41) is 3.03. The fourth-order valence-corrected chi connectivity index (χ4v) is 2.40. The first-order chi connectivity index (χ1) is 11.6. The predicted octanol–water partition coefficient (Wildman–Crippen LogP) is -0.338. The zero-order valence-corrected chi connectivity index (χ0v) is 14.4. The fourth-order valence-electron chi connectivity index (χ4n) is 2.40. The molecule has 6 nitrogen and oxygen atoms in total. The number of nitrogens with zero attached hydrogens (tertiary/aromatic N) is 2. The van der Waals surface area contributed by atoms with Gasteiger partial charge in [-0.05, 0) is 24.3 Å². The number of amides is 1. The lowest BCUT2D eigenvalue weighted by Gasteiger charge is -2.21. The average Bonchev–Trinajstić information content (AvgIpc) is 2.96. The van der Waals surface area contributed by atoms with Gasteiger partial charge in [0.15, 0.2) is 0 Å². The van der Waals surface area contributed by atoms with Crippen molar-refractivity contribution >= 4 is 23.2 Å². The van der Waals surface area contributed by atoms with Gasteiger partial charge < -0.3 is 27.2 Å². The minimum atomic E-state index is -0.496. The summed E-state index contributed by atoms with van der Waals surface area (Å²) < 4.78 is 24.5. The Labute approximate surface area is 150 Å². The predicted molar refractivity (Wildman–Crippen MR) is 89.4 cm³/mol. The molecule has 0 bridgehead atoms. The van der Waals surface area contributed by atoms with E-state index >= 15 is 0 Å². The highest BCUT2D eigenvalue weighted by Crippen LogP contribution is 2.30. The van der Waals surface area contributed by atoms with Gasteiger partial charge in [0, 0.05) is 6.07 Å². The lowest BCUT2D eigenvalue weighted by atomic mass is 10.2. The van der Waals surface area contributed by atoms with Crippen LogP contribution in [0, 0.1) is 5.82 Å². The van der Waals surface area contributed by atoms with Crippen LogP contribution in [-0.2, 0) is 4.79 Å². The van der Waals surface area contributed by atoms with Crippen LogP contribution >= 0.6 is 0 Å². The summed E-state index contributed by atoms with van der Waals surface area (Å²) in [5.41, 5.74) is 0.742. The van der Waals surface area contributed by atoms with Crippen LogP contribution in [0.2, 0.25) is 0 Å². The molecular formula is C17H16ClFN3O3-. The van der Waals surface area contributed by atoms with E-state index in [9.17, 15) is 9.18 Å². The molecule has 8 heteroatoms. The molecular weight excluding hydrogens is 349 g/mol. The largest absolute Gasteiger partial charge is 1.00 e. The smallest absolute Gasteiger partial charge is 0.255 e. The fraction of sp³-hybridized carbons (Fsp3) is 0.176. The Kier molecular flexibility index (Phi) is 5.82. The highest BCUT2D eigenvalue weighted by atomic mass is 35.5. The average molecular weight is 365 g/mol. The Bertz CT molecular complexity index is 813. The van der Waals surface area contributed by atoms with Gasteiger partial charge in [0.2, 0.25) is 5.96 Å². The Morgan fingerprint density at radius 1 is 1.16 bits per heavy atom. The number of hydrogen-bond donors (Lipinski definition) is 1. The Hall–Kier alpha value is -2.80. The number of halogens is 2. The molecule has 1 aliphatic rings. The molecule has 0 saturated carbocycles. The van der Waals surface area contributed by atoms with Crippen molar-refractivity contribution in [1.82, 2.24) is 0 Å². The van der Waals surface area contributed by atoms with Gasteiger partial charge in [-0.15, -0.1) is 0 Å². The number of aliphatic imine (C=N–C) groups is 1. The van der Waals surface area contributed by atoms with Crippen molar-refractivity contribution in [2.45, 2.75) is 0 Å². The van der Waals surface area contributed by atoms with Gasteiger partial charge in [-0.2, -0.15) is 0 Å². The number of benzene rings is 2. The van der Waals surface area contributed by atoms with Gasteiger partial charge in [-0.3, -0.25) is 4.79 Å². The summed E-state index contributed by atoms with van der Waals surface area (Å²) in [6, 6.07) is 11.2. The Balaban J connectivity index is 0.00000225. The van der Waals surface area contributed by atoms with Crippen LogP contribution in [0.4, 0.5) is 15.8 Å². The molecule has 0 unspecified atom stereocenters. The molecule has 1 N–H and O–H groups in total. The molecule has 0 fully saturated rings. The molecule has 1 heterocycles. The maximum absolute atomic E-state index is 14.1. The highest BCUT2D eigenvalue weighted by Gasteiger charge is 2.29. The SMILES string of the molecule is COc1ccc(NC2=NCC(=O)N2c2ccccc2F)c(OC)c1.[Cl-]. The van der Waals surface area contributed by atoms with Crippen molar-refractivity contribution in [1.29, 1.82) is 0 Å². The number of rotatable bonds is 4. The van der Waals surface area contributed by atoms with Crippen LogP contribution in [0.15, 0.2) is 47.5 Å². The van der Waals surface area contributed by atoms with E-state index in [4.69, 9.17) is 9.47 Å². The van der Waals surface area contributed by atoms with E-state index in [1.165, 1.54) is 24.1 Å². The first kappa shape index (κ1) is 18.5. The van der Waals surface area contributed by atoms with Crippen LogP contribution in [0.1, 0.15) is 0 Å². The molecule has 0 radical (unpaired) electrons. The summed E-state index contributed by atoms with van der Waals surface area (Å²) in [5.74, 6) is 0.588. The molecule has 0 atom stereocenters. The minimum absolute atomic E-state index is 0. The van der Waals surface area contributed by atoms with Gasteiger partial charge >= 0.3 is 0 Å². The second-order valence-corrected chi connectivity index (χ2v) is 5.01. The number of anilines is 2. The maximum atomic E-state index is 14.1. The number of carbonyl (C=O) groups is 1. The molecule has 0 aromatic heterocycles. The maximum Gasteiger partial charge on any atom is 0.255 e. The van der Waals surface area contributed by atoms with Crippen LogP contribution in [-0.4, -0.2) is 32.6 Å². The van der Waals surface area contributed by atoms with Crippen LogP contribution in [0.5, 0.6) is 11.5 Å². The van der Waals surface area contributed by atoms with Crippen molar-refractivity contribution in [2.24, 2.45) is 4.99 Å². The van der Waals surface area contributed by atoms with E-state index in [-0.39, 0.29) is 36.5 Å². The quantitative estimate of drug-likeness (QED) is 0.806. The number of carbonyl (C=O) groups excluding carboxylic acids is 1. The zero-order chi connectivity index (χ0) is 17.1. The molecule has 25 heavy (non-hydrogen) atoms. The molecule has 2 aromatic rings. The summed E-state index contributed by atoms with van der Waals surface area (Å²) in [6.45, 7) is -0.0465. The number of nitrogens with one attached hydrogen (secondary N) is 1. The molecule has 0 aliphatic carbocycles. The van der Waals surface area contributed by atoms with Crippen LogP contribution < -0.4 is 32.1 Å². The Morgan fingerprint density at radius 3 is 2.60 bits per heavy atom. The molecule has 1 aliphatic heterocycles. The third-order valence-electron chi connectivity index (χ3n) is 3.57. The number of hydrogen-bond acceptors (Lipinski definition) is 5. The number of para-hydroxylation sites is 1. The lowest BCUT2D eigenvalue weighted by Crippen LogP contribution is -3.00. The second-order valence-electron chi connectivity index (χ2n) is 5.01. The monoisotopic (exact) mass is 364 g/mol. The molecule has 0 saturated heterocycles. The standard InChI is InChI=1S/C17H16FN3O3.ClH/c1-23-11-7-8-13(15(9-11)24-2)20-17-19-10-16(22)21(17)14-6-4-3-5-12(14)18;/h3-9H,10H2,1-2H3,(H,19,20);1H/p-1. The minimum Gasteiger partial charge on any atom is -1.00 e. The number of guanidine groups is 1. The summed E-state index contributed by atoms with van der Waals surface area (Å²) in [6.07, 6.45) is 0. The van der Waals surface area contributed by atoms with E-state index in [0.29, 0.717) is 17.2 Å². The Morgan fingerprint density at radius 2 is 1.92 bits per heavy atom. The second kappa shape index (κ2) is 7.85. The van der Waals surface area contributed by atoms with Gasteiger partial charge in [0.05, 0.1) is 25.6 Å². The van der Waals surface area contributed by atoms with Crippen LogP contribution in [0.25, 0.3) is 0 Å². The van der Waals surface area contributed by atoms with Crippen molar-refractivity contribution in [3.8, 4) is 11.5 Å². The summed E-state index contributed by atoms with van der Waals surface area (Å²) in [4.78, 5) is 17.5. The highest BCUT2D eigenvalue weighted by molar-refractivity contribution is 6.24. The molecule has 3 rings (SSSR count). The zero-order valence-electron chi connectivity index (χ0n) is 13.6. The molecule has 2 aromatic carbocycles. The van der Waals surface area contributed by atoms with Gasteiger partial charge in [-0.25, -0.2) is 14.3 Å². The first-order valence-electron chi connectivity index (χ1n) is 7.25. The van der Waals surface area contributed by atoms with Crippen molar-refractivity contribution in [3.63, 3.8) is 0 Å². The van der Waals surface area contributed by atoms with Crippen LogP contribution in [0.3, 0.4) is 0 Å². The number of methoxy groups -OCH3 is 2. The normalized spacial score (nSPS) is 13.2. The van der Waals surface area contributed by atoms with Gasteiger partial charge in [0.25, 0.3) is 5.91 Å². The third-order valence-corrected chi connectivity index (χ3v) is 3.57. The van der Waals surface area contributed by atoms with E-state index < -0.39 is 5.82 Å². The summed E-state index contributed by atoms with van der Waals surface area (Å²) in [7, 11) is 3.08. The van der Waals surface area contributed by atoms with Crippen molar-refractivity contribution in [3.05, 3.63) is 48.3 Å². The molecule has 132 valence electrons. The van der Waals surface area contributed by atoms with E-state index in [1.54, 1.807) is 37.4 Å². The molecule has 1 amide bonds. The van der Waals surface area contributed by atoms with Gasteiger partial charge in [-0.1, -0.05) is 12.1 Å². The molecule has 0 spiro atoms.